The van der Waals surface area contributed by atoms with E-state index in [0.717, 1.165) is 21.3 Å². The highest BCUT2D eigenvalue weighted by atomic mass is 79.9. The molecule has 0 aliphatic heterocycles. The molecular weight excluding hydrogens is 284 g/mol. The van der Waals surface area contributed by atoms with Gasteiger partial charge in [-0.05, 0) is 60.3 Å². The van der Waals surface area contributed by atoms with Crippen molar-refractivity contribution in [3.05, 3.63) is 27.7 Å². The van der Waals surface area contributed by atoms with Crippen LogP contribution in [-0.4, -0.2) is 18.2 Å². The number of ether oxygens (including phenoxy) is 1. The van der Waals surface area contributed by atoms with E-state index < -0.39 is 11.4 Å². The van der Waals surface area contributed by atoms with Crippen LogP contribution in [-0.2, 0) is 11.2 Å². The van der Waals surface area contributed by atoms with Crippen LogP contribution < -0.4 is 4.74 Å². The van der Waals surface area contributed by atoms with Crippen molar-refractivity contribution in [3.63, 3.8) is 0 Å². The first-order valence-electron chi connectivity index (χ1n) is 5.34. The van der Waals surface area contributed by atoms with Crippen molar-refractivity contribution in [3.8, 4) is 5.75 Å². The van der Waals surface area contributed by atoms with E-state index in [9.17, 15) is 4.79 Å². The Bertz CT molecular complexity index is 415. The zero-order chi connectivity index (χ0) is 13.2. The molecule has 0 saturated carbocycles. The maximum Gasteiger partial charge on any atom is 0.309 e. The Morgan fingerprint density at radius 3 is 2.47 bits per heavy atom. The smallest absolute Gasteiger partial charge is 0.309 e. The van der Waals surface area contributed by atoms with Gasteiger partial charge in [-0.3, -0.25) is 4.79 Å². The number of rotatable bonds is 4. The van der Waals surface area contributed by atoms with Crippen LogP contribution in [0.25, 0.3) is 0 Å². The van der Waals surface area contributed by atoms with E-state index in [1.807, 2.05) is 19.1 Å². The monoisotopic (exact) mass is 300 g/mol. The molecule has 0 saturated heterocycles. The van der Waals surface area contributed by atoms with Crippen LogP contribution in [0.15, 0.2) is 16.6 Å². The molecular formula is C13H17BrO3. The second kappa shape index (κ2) is 5.08. The second-order valence-electron chi connectivity index (χ2n) is 4.79. The number of hydrogen-bond donors (Lipinski definition) is 1. The molecule has 0 bridgehead atoms. The number of carbonyl (C=O) groups is 1. The number of carboxylic acids is 1. The Kier molecular flexibility index (Phi) is 4.20. The van der Waals surface area contributed by atoms with Crippen LogP contribution in [0.4, 0.5) is 0 Å². The van der Waals surface area contributed by atoms with Crippen LogP contribution in [0, 0.1) is 12.3 Å². The molecule has 1 N–H and O–H groups in total. The van der Waals surface area contributed by atoms with E-state index in [2.05, 4.69) is 15.9 Å². The molecule has 0 heterocycles. The Hall–Kier alpha value is -1.03. The number of methoxy groups -OCH3 is 1. The van der Waals surface area contributed by atoms with Gasteiger partial charge >= 0.3 is 5.97 Å². The lowest BCUT2D eigenvalue weighted by atomic mass is 9.85. The van der Waals surface area contributed by atoms with E-state index in [4.69, 9.17) is 9.84 Å². The highest BCUT2D eigenvalue weighted by molar-refractivity contribution is 9.10. The minimum absolute atomic E-state index is 0.492. The van der Waals surface area contributed by atoms with Gasteiger partial charge in [0.25, 0.3) is 0 Å². The maximum absolute atomic E-state index is 11.1. The topological polar surface area (TPSA) is 46.5 Å². The predicted molar refractivity (Wildman–Crippen MR) is 70.6 cm³/mol. The largest absolute Gasteiger partial charge is 0.495 e. The highest BCUT2D eigenvalue weighted by Gasteiger charge is 2.27. The molecule has 0 radical (unpaired) electrons. The molecule has 3 nitrogen and oxygen atoms in total. The third-order valence-corrected chi connectivity index (χ3v) is 3.31. The third-order valence-electron chi connectivity index (χ3n) is 2.72. The average Bonchev–Trinajstić information content (AvgIpc) is 2.15. The van der Waals surface area contributed by atoms with Crippen molar-refractivity contribution >= 4 is 21.9 Å². The number of halogens is 1. The lowest BCUT2D eigenvalue weighted by molar-refractivity contribution is -0.146. The molecule has 17 heavy (non-hydrogen) atoms. The van der Waals surface area contributed by atoms with Crippen LogP contribution in [0.5, 0.6) is 5.75 Å². The zero-order valence-corrected chi connectivity index (χ0v) is 12.1. The van der Waals surface area contributed by atoms with Crippen molar-refractivity contribution < 1.29 is 14.6 Å². The van der Waals surface area contributed by atoms with E-state index in [1.165, 1.54) is 0 Å². The normalized spacial score (nSPS) is 11.4. The molecule has 0 aromatic heterocycles. The van der Waals surface area contributed by atoms with Crippen LogP contribution in [0.1, 0.15) is 25.0 Å². The summed E-state index contributed by atoms with van der Waals surface area (Å²) in [5.41, 5.74) is 1.22. The molecule has 0 atom stereocenters. The molecule has 0 spiro atoms. The summed E-state index contributed by atoms with van der Waals surface area (Å²) in [7, 11) is 1.62. The summed E-state index contributed by atoms with van der Waals surface area (Å²) in [6.45, 7) is 5.40. The Morgan fingerprint density at radius 1 is 1.47 bits per heavy atom. The van der Waals surface area contributed by atoms with Crippen molar-refractivity contribution in [1.82, 2.24) is 0 Å². The third kappa shape index (κ3) is 3.22. The van der Waals surface area contributed by atoms with Gasteiger partial charge in [0, 0.05) is 0 Å². The number of hydrogen-bond acceptors (Lipinski definition) is 2. The number of aryl methyl sites for hydroxylation is 1. The fourth-order valence-electron chi connectivity index (χ4n) is 1.75. The minimum atomic E-state index is -0.790. The molecule has 1 rings (SSSR count). The average molecular weight is 301 g/mol. The Balaban J connectivity index is 3.06. The minimum Gasteiger partial charge on any atom is -0.495 e. The van der Waals surface area contributed by atoms with Gasteiger partial charge in [-0.1, -0.05) is 6.07 Å². The van der Waals surface area contributed by atoms with Crippen LogP contribution in [0.3, 0.4) is 0 Å². The number of carboxylic acid groups (broad SMARTS) is 1. The lowest BCUT2D eigenvalue weighted by Gasteiger charge is -2.20. The lowest BCUT2D eigenvalue weighted by Crippen LogP contribution is -2.26. The van der Waals surface area contributed by atoms with Crippen LogP contribution in [0.2, 0.25) is 0 Å². The molecule has 0 aliphatic rings. The summed E-state index contributed by atoms with van der Waals surface area (Å²) in [5, 5.41) is 9.11. The van der Waals surface area contributed by atoms with E-state index in [-0.39, 0.29) is 0 Å². The zero-order valence-electron chi connectivity index (χ0n) is 10.5. The van der Waals surface area contributed by atoms with E-state index >= 15 is 0 Å². The summed E-state index contributed by atoms with van der Waals surface area (Å²) in [6.07, 6.45) is 0.492. The molecule has 94 valence electrons. The van der Waals surface area contributed by atoms with Gasteiger partial charge in [0.05, 0.1) is 17.0 Å². The number of benzene rings is 1. The maximum atomic E-state index is 11.1. The fraction of sp³-hybridized carbons (Fsp3) is 0.462. The predicted octanol–water partition coefficient (Wildman–Crippen LogP) is 3.42. The summed E-state index contributed by atoms with van der Waals surface area (Å²) < 4.78 is 6.10. The van der Waals surface area contributed by atoms with Crippen molar-refractivity contribution in [2.45, 2.75) is 27.2 Å². The SMILES string of the molecule is COc1c(C)cc(CC(C)(C)C(=O)O)cc1Br. The van der Waals surface area contributed by atoms with E-state index in [1.54, 1.807) is 21.0 Å². The van der Waals surface area contributed by atoms with Gasteiger partial charge in [0.1, 0.15) is 5.75 Å². The van der Waals surface area contributed by atoms with Crippen LogP contribution >= 0.6 is 15.9 Å². The molecule has 4 heteroatoms. The molecule has 1 aromatic carbocycles. The van der Waals surface area contributed by atoms with Gasteiger partial charge in [-0.25, -0.2) is 0 Å². The quantitative estimate of drug-likeness (QED) is 0.927. The first-order valence-corrected chi connectivity index (χ1v) is 6.13. The summed E-state index contributed by atoms with van der Waals surface area (Å²) >= 11 is 3.43. The Labute approximate surface area is 110 Å². The summed E-state index contributed by atoms with van der Waals surface area (Å²) in [4.78, 5) is 11.1. The van der Waals surface area contributed by atoms with Gasteiger partial charge in [-0.2, -0.15) is 0 Å². The molecule has 0 aliphatic carbocycles. The molecule has 0 amide bonds. The second-order valence-corrected chi connectivity index (χ2v) is 5.65. The molecule has 0 fully saturated rings. The van der Waals surface area contributed by atoms with Gasteiger partial charge < -0.3 is 9.84 Å². The van der Waals surface area contributed by atoms with E-state index in [0.29, 0.717) is 6.42 Å². The first-order chi connectivity index (χ1) is 7.77. The highest BCUT2D eigenvalue weighted by Crippen LogP contribution is 2.32. The Morgan fingerprint density at radius 2 is 2.06 bits per heavy atom. The fourth-order valence-corrected chi connectivity index (χ4v) is 2.52. The van der Waals surface area contributed by atoms with Gasteiger partial charge in [0.15, 0.2) is 0 Å². The van der Waals surface area contributed by atoms with Gasteiger partial charge in [0.2, 0.25) is 0 Å². The molecule has 0 unspecified atom stereocenters. The summed E-state index contributed by atoms with van der Waals surface area (Å²) in [5.74, 6) is 0.00368. The van der Waals surface area contributed by atoms with Crippen molar-refractivity contribution in [1.29, 1.82) is 0 Å². The van der Waals surface area contributed by atoms with Crippen molar-refractivity contribution in [2.75, 3.05) is 7.11 Å². The number of aliphatic carboxylic acids is 1. The summed E-state index contributed by atoms with van der Waals surface area (Å²) in [6, 6.07) is 3.88. The molecule has 1 aromatic rings. The standard InChI is InChI=1S/C13H17BrO3/c1-8-5-9(6-10(14)11(8)17-4)7-13(2,3)12(15)16/h5-6H,7H2,1-4H3,(H,15,16). The van der Waals surface area contributed by atoms with Gasteiger partial charge in [-0.15, -0.1) is 0 Å². The van der Waals surface area contributed by atoms with Crippen molar-refractivity contribution in [2.24, 2.45) is 5.41 Å². The first kappa shape index (κ1) is 14.0.